The number of anilines is 2. The van der Waals surface area contributed by atoms with Gasteiger partial charge in [-0.3, -0.25) is 9.97 Å². The SMILES string of the molecule is OCc1cccc2c(-c3cnn4cc(-c5ccc(N6CCCCC6)cc5)cnc34)ccnc12.OCc1cccc2c(-c3cnn4cc(-c5ccc(N6CCNCC6)cc5)cnc34)ccnc12. The van der Waals surface area contributed by atoms with Gasteiger partial charge < -0.3 is 25.3 Å². The summed E-state index contributed by atoms with van der Waals surface area (Å²) in [5.74, 6) is 0. The zero-order chi connectivity index (χ0) is 44.4. The molecule has 66 heavy (non-hydrogen) atoms. The Hall–Kier alpha value is -7.58. The number of para-hydroxylation sites is 2. The van der Waals surface area contributed by atoms with Crippen LogP contribution < -0.4 is 15.1 Å². The summed E-state index contributed by atoms with van der Waals surface area (Å²) in [5.41, 5.74) is 15.6. The van der Waals surface area contributed by atoms with Crippen LogP contribution in [0, 0.1) is 0 Å². The topological polar surface area (TPSA) is 145 Å². The molecule has 3 N–H and O–H groups in total. The number of aliphatic hydroxyl groups excluding tert-OH is 2. The molecule has 0 spiro atoms. The third-order valence-corrected chi connectivity index (χ3v) is 12.9. The Kier molecular flexibility index (Phi) is 11.3. The Morgan fingerprint density at radius 3 is 1.39 bits per heavy atom. The van der Waals surface area contributed by atoms with Crippen LogP contribution in [0.5, 0.6) is 0 Å². The van der Waals surface area contributed by atoms with Crippen molar-refractivity contribution in [3.63, 3.8) is 0 Å². The van der Waals surface area contributed by atoms with Crippen molar-refractivity contribution in [3.8, 4) is 44.5 Å². The van der Waals surface area contributed by atoms with Gasteiger partial charge in [0.2, 0.25) is 0 Å². The number of hydrogen-bond acceptors (Lipinski definition) is 11. The van der Waals surface area contributed by atoms with E-state index in [0.717, 1.165) is 128 Å². The summed E-state index contributed by atoms with van der Waals surface area (Å²) in [6.45, 7) is 6.33. The molecule has 13 nitrogen and oxygen atoms in total. The Balaban J connectivity index is 0.000000146. The van der Waals surface area contributed by atoms with Crippen molar-refractivity contribution < 1.29 is 10.2 Å². The standard InChI is InChI=1S/C27H25N5O.C26H24N6O/c33-18-20-5-4-6-24-23(11-12-28-26(20)24)25-16-30-32-17-21(15-29-27(25)32)19-7-9-22(10-8-19)31-13-2-1-3-14-31;33-17-19-2-1-3-23-22(8-9-28-25(19)23)24-15-30-32-16-20(14-29-26(24)32)18-4-6-21(7-5-18)31-12-10-27-11-13-31/h4-12,15-17,33H,1-3,13-14,18H2;1-9,14-16,27,33H,10-13,17H2. The van der Waals surface area contributed by atoms with Crippen molar-refractivity contribution in [1.29, 1.82) is 0 Å². The van der Waals surface area contributed by atoms with Crippen LogP contribution in [-0.4, -0.2) is 88.6 Å². The van der Waals surface area contributed by atoms with Crippen molar-refractivity contribution >= 4 is 44.5 Å². The lowest BCUT2D eigenvalue weighted by Crippen LogP contribution is -2.43. The monoisotopic (exact) mass is 871 g/mol. The first kappa shape index (κ1) is 41.1. The summed E-state index contributed by atoms with van der Waals surface area (Å²) in [6.07, 6.45) is 19.0. The molecule has 0 saturated carbocycles. The summed E-state index contributed by atoms with van der Waals surface area (Å²) in [4.78, 5) is 23.4. The molecule has 0 amide bonds. The molecule has 6 aromatic heterocycles. The molecule has 2 saturated heterocycles. The molecule has 0 bridgehead atoms. The number of rotatable bonds is 8. The number of nitrogens with zero attached hydrogens (tertiary/aromatic N) is 10. The largest absolute Gasteiger partial charge is 0.392 e. The van der Waals surface area contributed by atoms with Crippen LogP contribution in [0.4, 0.5) is 11.4 Å². The molecule has 328 valence electrons. The fourth-order valence-electron chi connectivity index (χ4n) is 9.43. The average molecular weight is 872 g/mol. The molecule has 12 rings (SSSR count). The van der Waals surface area contributed by atoms with Crippen LogP contribution in [0.3, 0.4) is 0 Å². The van der Waals surface area contributed by atoms with Gasteiger partial charge in [-0.1, -0.05) is 60.7 Å². The third kappa shape index (κ3) is 7.87. The first-order valence-electron chi connectivity index (χ1n) is 22.7. The molecule has 0 atom stereocenters. The molecular weight excluding hydrogens is 823 g/mol. The van der Waals surface area contributed by atoms with Gasteiger partial charge in [0, 0.05) is 132 Å². The first-order chi connectivity index (χ1) is 32.6. The third-order valence-electron chi connectivity index (χ3n) is 12.9. The van der Waals surface area contributed by atoms with Crippen LogP contribution in [0.25, 0.3) is 77.6 Å². The summed E-state index contributed by atoms with van der Waals surface area (Å²) >= 11 is 0. The van der Waals surface area contributed by atoms with Crippen LogP contribution >= 0.6 is 0 Å². The van der Waals surface area contributed by atoms with Gasteiger partial charge in [0.05, 0.1) is 36.6 Å². The van der Waals surface area contributed by atoms with Gasteiger partial charge in [0.1, 0.15) is 0 Å². The average Bonchev–Trinajstić information content (AvgIpc) is 4.03. The van der Waals surface area contributed by atoms with Gasteiger partial charge in [-0.15, -0.1) is 0 Å². The molecule has 2 aliphatic rings. The minimum absolute atomic E-state index is 0.0410. The van der Waals surface area contributed by atoms with Gasteiger partial charge in [0.15, 0.2) is 11.3 Å². The van der Waals surface area contributed by atoms with Crippen LogP contribution in [0.1, 0.15) is 30.4 Å². The number of nitrogens with one attached hydrogen (secondary N) is 1. The number of hydrogen-bond donors (Lipinski definition) is 3. The van der Waals surface area contributed by atoms with E-state index >= 15 is 0 Å². The molecule has 13 heteroatoms. The lowest BCUT2D eigenvalue weighted by atomic mass is 10.0. The number of fused-ring (bicyclic) bond motifs is 4. The van der Waals surface area contributed by atoms with Gasteiger partial charge in [-0.05, 0) is 77.9 Å². The second kappa shape index (κ2) is 18.1. The van der Waals surface area contributed by atoms with E-state index < -0.39 is 0 Å². The number of benzene rings is 4. The van der Waals surface area contributed by atoms with E-state index in [2.05, 4.69) is 83.8 Å². The molecule has 0 aliphatic carbocycles. The Bertz CT molecular complexity index is 3090. The van der Waals surface area contributed by atoms with Crippen LogP contribution in [-0.2, 0) is 13.2 Å². The molecule has 8 heterocycles. The highest BCUT2D eigenvalue weighted by Gasteiger charge is 2.17. The molecule has 0 unspecified atom stereocenters. The fourth-order valence-corrected chi connectivity index (χ4v) is 9.43. The zero-order valence-corrected chi connectivity index (χ0v) is 36.5. The Morgan fingerprint density at radius 2 is 0.924 bits per heavy atom. The lowest BCUT2D eigenvalue weighted by molar-refractivity contribution is 0.283. The van der Waals surface area contributed by atoms with Gasteiger partial charge in [-0.25, -0.2) is 19.0 Å². The molecule has 2 fully saturated rings. The highest BCUT2D eigenvalue weighted by Crippen LogP contribution is 2.34. The molecule has 4 aromatic carbocycles. The summed E-state index contributed by atoms with van der Waals surface area (Å²) in [7, 11) is 0. The maximum Gasteiger partial charge on any atom is 0.162 e. The van der Waals surface area contributed by atoms with E-state index in [1.54, 1.807) is 12.4 Å². The summed E-state index contributed by atoms with van der Waals surface area (Å²) in [6, 6.07) is 33.1. The van der Waals surface area contributed by atoms with Crippen molar-refractivity contribution in [2.75, 3.05) is 49.1 Å². The second-order valence-electron chi connectivity index (χ2n) is 16.9. The summed E-state index contributed by atoms with van der Waals surface area (Å²) < 4.78 is 3.67. The normalized spacial score (nSPS) is 14.3. The van der Waals surface area contributed by atoms with Crippen molar-refractivity contribution in [2.45, 2.75) is 32.5 Å². The van der Waals surface area contributed by atoms with Crippen molar-refractivity contribution in [1.82, 2.24) is 44.5 Å². The van der Waals surface area contributed by atoms with E-state index in [-0.39, 0.29) is 13.2 Å². The Morgan fingerprint density at radius 1 is 0.455 bits per heavy atom. The van der Waals surface area contributed by atoms with Crippen molar-refractivity contribution in [3.05, 3.63) is 158 Å². The van der Waals surface area contributed by atoms with Gasteiger partial charge in [0.25, 0.3) is 0 Å². The van der Waals surface area contributed by atoms with E-state index in [4.69, 9.17) is 9.97 Å². The second-order valence-corrected chi connectivity index (χ2v) is 16.9. The van der Waals surface area contributed by atoms with E-state index in [9.17, 15) is 10.2 Å². The van der Waals surface area contributed by atoms with E-state index in [1.807, 2.05) is 94.7 Å². The van der Waals surface area contributed by atoms with Gasteiger partial charge in [-0.2, -0.15) is 10.2 Å². The zero-order valence-electron chi connectivity index (χ0n) is 36.5. The first-order valence-corrected chi connectivity index (χ1v) is 22.7. The highest BCUT2D eigenvalue weighted by atomic mass is 16.3. The number of aromatic nitrogens is 8. The lowest BCUT2D eigenvalue weighted by Gasteiger charge is -2.29. The number of aliphatic hydroxyl groups is 2. The van der Waals surface area contributed by atoms with E-state index in [0.29, 0.717) is 0 Å². The fraction of sp³-hybridized carbons (Fsp3) is 0.208. The molecule has 2 aliphatic heterocycles. The van der Waals surface area contributed by atoms with Crippen LogP contribution in [0.15, 0.2) is 147 Å². The predicted molar refractivity (Wildman–Crippen MR) is 261 cm³/mol. The van der Waals surface area contributed by atoms with Crippen LogP contribution in [0.2, 0.25) is 0 Å². The maximum absolute atomic E-state index is 9.69. The van der Waals surface area contributed by atoms with E-state index in [1.165, 1.54) is 30.6 Å². The smallest absolute Gasteiger partial charge is 0.162 e. The molecular formula is C53H49N11O2. The maximum atomic E-state index is 9.69. The van der Waals surface area contributed by atoms with Gasteiger partial charge >= 0.3 is 0 Å². The Labute approximate surface area is 381 Å². The molecule has 0 radical (unpaired) electrons. The van der Waals surface area contributed by atoms with Crippen molar-refractivity contribution in [2.24, 2.45) is 0 Å². The quantitative estimate of drug-likeness (QED) is 0.135. The highest BCUT2D eigenvalue weighted by molar-refractivity contribution is 6.00. The predicted octanol–water partition coefficient (Wildman–Crippen LogP) is 8.61. The number of piperidine rings is 1. The number of pyridine rings is 2. The molecule has 10 aromatic rings. The number of piperazine rings is 1. The summed E-state index contributed by atoms with van der Waals surface area (Å²) in [5, 5.41) is 33.9. The minimum atomic E-state index is -0.0440. The minimum Gasteiger partial charge on any atom is -0.392 e.